The first-order chi connectivity index (χ1) is 15.7. The molecule has 3 heterocycles. The van der Waals surface area contributed by atoms with E-state index < -0.39 is 0 Å². The summed E-state index contributed by atoms with van der Waals surface area (Å²) in [6.07, 6.45) is 4.41. The van der Waals surface area contributed by atoms with Crippen LogP contribution in [0.4, 0.5) is 5.82 Å². The Labute approximate surface area is 192 Å². The van der Waals surface area contributed by atoms with Gasteiger partial charge in [-0.3, -0.25) is 9.89 Å². The molecule has 1 unspecified atom stereocenters. The minimum atomic E-state index is 0.540. The molecule has 1 aromatic carbocycles. The fraction of sp³-hybridized carbons (Fsp3) is 0.520. The lowest BCUT2D eigenvalue weighted by atomic mass is 10.2. The fourth-order valence-corrected chi connectivity index (χ4v) is 4.55. The highest BCUT2D eigenvalue weighted by Gasteiger charge is 2.24. The summed E-state index contributed by atoms with van der Waals surface area (Å²) in [5.41, 5.74) is 2.61. The van der Waals surface area contributed by atoms with Crippen LogP contribution in [-0.2, 0) is 13.1 Å². The molecule has 0 amide bonds. The molecule has 7 heteroatoms. The van der Waals surface area contributed by atoms with Crippen molar-refractivity contribution in [2.45, 2.75) is 32.0 Å². The normalized spacial score (nSPS) is 20.5. The van der Waals surface area contributed by atoms with Crippen molar-refractivity contribution in [3.05, 3.63) is 59.8 Å². The quantitative estimate of drug-likeness (QED) is 0.514. The average molecular weight is 436 g/mol. The van der Waals surface area contributed by atoms with Crippen molar-refractivity contribution in [1.29, 1.82) is 0 Å². The van der Waals surface area contributed by atoms with Crippen LogP contribution in [0, 0.1) is 0 Å². The van der Waals surface area contributed by atoms with E-state index in [1.807, 2.05) is 13.2 Å². The average Bonchev–Trinajstić information content (AvgIpc) is 3.27. The number of likely N-dealkylation sites (N-methyl/N-ethyl adjacent to an activating group) is 1. The molecule has 2 aliphatic rings. The Kier molecular flexibility index (Phi) is 7.96. The topological polar surface area (TPSA) is 59.0 Å². The minimum Gasteiger partial charge on any atom is -0.355 e. The number of hydrogen-bond acceptors (Lipinski definition) is 5. The van der Waals surface area contributed by atoms with Gasteiger partial charge in [0, 0.05) is 65.1 Å². The van der Waals surface area contributed by atoms with E-state index in [-0.39, 0.29) is 0 Å². The van der Waals surface area contributed by atoms with Gasteiger partial charge in [0.05, 0.1) is 0 Å². The van der Waals surface area contributed by atoms with Gasteiger partial charge in [-0.1, -0.05) is 30.3 Å². The lowest BCUT2D eigenvalue weighted by Gasteiger charge is -2.33. The Morgan fingerprint density at radius 1 is 1.03 bits per heavy atom. The second-order valence-corrected chi connectivity index (χ2v) is 8.87. The number of rotatable bonds is 7. The zero-order valence-corrected chi connectivity index (χ0v) is 19.5. The van der Waals surface area contributed by atoms with Crippen molar-refractivity contribution >= 4 is 11.8 Å². The number of aliphatic imine (C=N–C) groups is 1. The lowest BCUT2D eigenvalue weighted by molar-refractivity contribution is 0.245. The van der Waals surface area contributed by atoms with Crippen LogP contribution in [0.25, 0.3) is 0 Å². The Bertz CT molecular complexity index is 862. The zero-order chi connectivity index (χ0) is 22.2. The van der Waals surface area contributed by atoms with Gasteiger partial charge >= 0.3 is 0 Å². The molecule has 1 atom stereocenters. The summed E-state index contributed by atoms with van der Waals surface area (Å²) in [4.78, 5) is 16.4. The van der Waals surface area contributed by atoms with E-state index in [2.05, 4.69) is 84.8 Å². The highest BCUT2D eigenvalue weighted by Crippen LogP contribution is 2.19. The molecule has 0 spiro atoms. The van der Waals surface area contributed by atoms with Crippen LogP contribution >= 0.6 is 0 Å². The predicted molar refractivity (Wildman–Crippen MR) is 132 cm³/mol. The van der Waals surface area contributed by atoms with Crippen LogP contribution < -0.4 is 15.5 Å². The van der Waals surface area contributed by atoms with E-state index in [1.54, 1.807) is 0 Å². The largest absolute Gasteiger partial charge is 0.355 e. The maximum atomic E-state index is 4.59. The van der Waals surface area contributed by atoms with Crippen molar-refractivity contribution in [3.63, 3.8) is 0 Å². The Balaban J connectivity index is 1.26. The Morgan fingerprint density at radius 3 is 2.62 bits per heavy atom. The molecular weight excluding hydrogens is 398 g/mol. The van der Waals surface area contributed by atoms with Crippen molar-refractivity contribution < 1.29 is 0 Å². The van der Waals surface area contributed by atoms with Crippen molar-refractivity contribution in [3.8, 4) is 0 Å². The molecule has 2 fully saturated rings. The predicted octanol–water partition coefficient (Wildman–Crippen LogP) is 2.16. The van der Waals surface area contributed by atoms with E-state index in [9.17, 15) is 0 Å². The molecule has 0 radical (unpaired) electrons. The zero-order valence-electron chi connectivity index (χ0n) is 19.5. The number of nitrogens with one attached hydrogen (secondary N) is 2. The monoisotopic (exact) mass is 435 g/mol. The van der Waals surface area contributed by atoms with Crippen LogP contribution in [0.3, 0.4) is 0 Å². The summed E-state index contributed by atoms with van der Waals surface area (Å²) in [6.45, 7) is 8.07. The molecule has 4 rings (SSSR count). The van der Waals surface area contributed by atoms with Gasteiger partial charge in [-0.2, -0.15) is 0 Å². The van der Waals surface area contributed by atoms with Crippen LogP contribution in [0.2, 0.25) is 0 Å². The van der Waals surface area contributed by atoms with E-state index in [1.165, 1.54) is 30.5 Å². The maximum Gasteiger partial charge on any atom is 0.191 e. The summed E-state index contributed by atoms with van der Waals surface area (Å²) in [5.74, 6) is 1.93. The van der Waals surface area contributed by atoms with E-state index in [0.717, 1.165) is 57.6 Å². The molecule has 0 aliphatic carbocycles. The third kappa shape index (κ3) is 6.20. The summed E-state index contributed by atoms with van der Waals surface area (Å²) < 4.78 is 0. The van der Waals surface area contributed by atoms with Gasteiger partial charge < -0.3 is 20.4 Å². The molecule has 2 aromatic rings. The van der Waals surface area contributed by atoms with E-state index in [4.69, 9.17) is 0 Å². The van der Waals surface area contributed by atoms with Crippen molar-refractivity contribution in [2.75, 3.05) is 58.3 Å². The summed E-state index contributed by atoms with van der Waals surface area (Å²) in [6, 6.07) is 15.6. The first-order valence-corrected chi connectivity index (χ1v) is 11.8. The van der Waals surface area contributed by atoms with Gasteiger partial charge in [-0.25, -0.2) is 4.98 Å². The fourth-order valence-electron chi connectivity index (χ4n) is 4.55. The standard InChI is InChI=1S/C25H37N7/c1-26-25(29-19-23-9-6-12-32(23)20-21-7-4-3-5-8-21)28-18-22-10-11-27-24(17-22)31-15-13-30(2)14-16-31/h3-5,7-8,10-11,17,23H,6,9,12-16,18-20H2,1-2H3,(H2,26,28,29). The molecule has 0 saturated carbocycles. The SMILES string of the molecule is CN=C(NCc1ccnc(N2CCN(C)CC2)c1)NCC1CCCN1Cc1ccccc1. The third-order valence-electron chi connectivity index (χ3n) is 6.55. The number of piperazine rings is 1. The van der Waals surface area contributed by atoms with Gasteiger partial charge in [0.1, 0.15) is 5.82 Å². The van der Waals surface area contributed by atoms with Crippen LogP contribution in [-0.4, -0.2) is 80.1 Å². The molecule has 2 N–H and O–H groups in total. The minimum absolute atomic E-state index is 0.540. The second-order valence-electron chi connectivity index (χ2n) is 8.87. The molecular formula is C25H37N7. The number of benzene rings is 1. The smallest absolute Gasteiger partial charge is 0.191 e. The van der Waals surface area contributed by atoms with Gasteiger partial charge in [0.2, 0.25) is 0 Å². The van der Waals surface area contributed by atoms with Gasteiger partial charge in [-0.15, -0.1) is 0 Å². The molecule has 2 aliphatic heterocycles. The highest BCUT2D eigenvalue weighted by atomic mass is 15.3. The van der Waals surface area contributed by atoms with E-state index >= 15 is 0 Å². The highest BCUT2D eigenvalue weighted by molar-refractivity contribution is 5.79. The molecule has 7 nitrogen and oxygen atoms in total. The number of aromatic nitrogens is 1. The molecule has 172 valence electrons. The lowest BCUT2D eigenvalue weighted by Crippen LogP contribution is -2.45. The number of pyridine rings is 1. The summed E-state index contributed by atoms with van der Waals surface area (Å²) >= 11 is 0. The number of anilines is 1. The number of likely N-dealkylation sites (tertiary alicyclic amines) is 1. The van der Waals surface area contributed by atoms with Crippen molar-refractivity contribution in [2.24, 2.45) is 4.99 Å². The number of guanidine groups is 1. The third-order valence-corrected chi connectivity index (χ3v) is 6.55. The molecule has 0 bridgehead atoms. The summed E-state index contributed by atoms with van der Waals surface area (Å²) in [7, 11) is 4.02. The Hall–Kier alpha value is -2.64. The molecule has 2 saturated heterocycles. The maximum absolute atomic E-state index is 4.59. The van der Waals surface area contributed by atoms with Crippen LogP contribution in [0.5, 0.6) is 0 Å². The van der Waals surface area contributed by atoms with Gasteiger partial charge in [-0.05, 0) is 49.7 Å². The Morgan fingerprint density at radius 2 is 1.84 bits per heavy atom. The van der Waals surface area contributed by atoms with Crippen LogP contribution in [0.15, 0.2) is 53.7 Å². The van der Waals surface area contributed by atoms with Gasteiger partial charge in [0.15, 0.2) is 5.96 Å². The van der Waals surface area contributed by atoms with Gasteiger partial charge in [0.25, 0.3) is 0 Å². The van der Waals surface area contributed by atoms with Crippen molar-refractivity contribution in [1.82, 2.24) is 25.4 Å². The number of nitrogens with zero attached hydrogens (tertiary/aromatic N) is 5. The molecule has 1 aromatic heterocycles. The summed E-state index contributed by atoms with van der Waals surface area (Å²) in [5, 5.41) is 7.02. The number of hydrogen-bond donors (Lipinski definition) is 2. The second kappa shape index (κ2) is 11.3. The first kappa shape index (κ1) is 22.6. The first-order valence-electron chi connectivity index (χ1n) is 11.8. The van der Waals surface area contributed by atoms with E-state index in [0.29, 0.717) is 6.04 Å². The molecule has 32 heavy (non-hydrogen) atoms. The van der Waals surface area contributed by atoms with Crippen LogP contribution in [0.1, 0.15) is 24.0 Å².